The SMILES string of the molecule is C[Si]1(C)CCC(NC(=O)OCc2ccccc2)(C(=O)O)C1. The molecule has 1 aromatic carbocycles. The van der Waals surface area contributed by atoms with E-state index < -0.39 is 25.7 Å². The van der Waals surface area contributed by atoms with E-state index in [1.165, 1.54) is 0 Å². The van der Waals surface area contributed by atoms with E-state index in [9.17, 15) is 14.7 Å². The van der Waals surface area contributed by atoms with Gasteiger partial charge in [0.05, 0.1) is 8.07 Å². The Bertz CT molecular complexity index is 532. The van der Waals surface area contributed by atoms with Gasteiger partial charge in [0.2, 0.25) is 0 Å². The van der Waals surface area contributed by atoms with Crippen LogP contribution in [0.15, 0.2) is 30.3 Å². The Balaban J connectivity index is 1.95. The second-order valence-corrected chi connectivity index (χ2v) is 11.6. The zero-order valence-corrected chi connectivity index (χ0v) is 13.4. The minimum atomic E-state index is -1.54. The summed E-state index contributed by atoms with van der Waals surface area (Å²) in [6.07, 6.45) is -0.171. The zero-order valence-electron chi connectivity index (χ0n) is 12.4. The molecule has 2 N–H and O–H groups in total. The predicted octanol–water partition coefficient (Wildman–Crippen LogP) is 2.85. The van der Waals surface area contributed by atoms with Crippen LogP contribution >= 0.6 is 0 Å². The van der Waals surface area contributed by atoms with Crippen molar-refractivity contribution in [3.8, 4) is 0 Å². The minimum Gasteiger partial charge on any atom is -0.480 e. The molecule has 1 saturated heterocycles. The van der Waals surface area contributed by atoms with E-state index >= 15 is 0 Å². The van der Waals surface area contributed by atoms with Gasteiger partial charge < -0.3 is 15.2 Å². The molecule has 114 valence electrons. The number of carbonyl (C=O) groups excluding carboxylic acids is 1. The van der Waals surface area contributed by atoms with Crippen LogP contribution in [0.4, 0.5) is 4.79 Å². The van der Waals surface area contributed by atoms with Crippen molar-refractivity contribution in [2.75, 3.05) is 0 Å². The van der Waals surface area contributed by atoms with Gasteiger partial charge in [-0.25, -0.2) is 9.59 Å². The molecule has 5 nitrogen and oxygen atoms in total. The van der Waals surface area contributed by atoms with E-state index in [0.29, 0.717) is 12.5 Å². The molecule has 0 spiro atoms. The number of hydrogen-bond donors (Lipinski definition) is 2. The highest BCUT2D eigenvalue weighted by Crippen LogP contribution is 2.38. The molecule has 1 atom stereocenters. The molecule has 0 aromatic heterocycles. The second-order valence-electron chi connectivity index (χ2n) is 6.41. The van der Waals surface area contributed by atoms with Gasteiger partial charge in [0.15, 0.2) is 0 Å². The van der Waals surface area contributed by atoms with Crippen molar-refractivity contribution in [3.05, 3.63) is 35.9 Å². The third-order valence-corrected chi connectivity index (χ3v) is 7.14. The number of aliphatic carboxylic acids is 1. The average Bonchev–Trinajstić information content (AvgIpc) is 2.74. The van der Waals surface area contributed by atoms with Crippen LogP contribution in [0.25, 0.3) is 0 Å². The van der Waals surface area contributed by atoms with Gasteiger partial charge >= 0.3 is 12.1 Å². The highest BCUT2D eigenvalue weighted by molar-refractivity contribution is 6.78. The summed E-state index contributed by atoms with van der Waals surface area (Å²) in [5, 5.41) is 12.1. The second kappa shape index (κ2) is 5.89. The summed E-state index contributed by atoms with van der Waals surface area (Å²) in [4.78, 5) is 23.5. The van der Waals surface area contributed by atoms with Crippen molar-refractivity contribution in [2.24, 2.45) is 0 Å². The quantitative estimate of drug-likeness (QED) is 0.839. The number of carboxylic acids is 1. The molecular formula is C15H21NO4Si. The molecule has 1 unspecified atom stereocenters. The number of alkyl carbamates (subject to hydrolysis) is 1. The molecule has 0 aliphatic carbocycles. The maximum atomic E-state index is 11.9. The maximum Gasteiger partial charge on any atom is 0.408 e. The zero-order chi connectivity index (χ0) is 15.5. The number of carboxylic acid groups (broad SMARTS) is 1. The Labute approximate surface area is 125 Å². The molecular weight excluding hydrogens is 286 g/mol. The van der Waals surface area contributed by atoms with Crippen LogP contribution in [0.5, 0.6) is 0 Å². The Kier molecular flexibility index (Phi) is 4.36. The minimum absolute atomic E-state index is 0.142. The standard InChI is InChI=1S/C15H21NO4Si/c1-21(2)9-8-15(11-21,13(17)18)16-14(19)20-10-12-6-4-3-5-7-12/h3-7H,8-11H2,1-2H3,(H,16,19)(H,17,18). The molecule has 1 aliphatic rings. The molecule has 1 aliphatic heterocycles. The molecule has 0 radical (unpaired) electrons. The third kappa shape index (κ3) is 3.84. The fraction of sp³-hybridized carbons (Fsp3) is 0.467. The Morgan fingerprint density at radius 1 is 1.33 bits per heavy atom. The molecule has 1 amide bonds. The summed E-state index contributed by atoms with van der Waals surface area (Å²) in [5.74, 6) is -0.961. The number of nitrogens with one attached hydrogen (secondary N) is 1. The Hall–Kier alpha value is -1.82. The molecule has 21 heavy (non-hydrogen) atoms. The molecule has 2 rings (SSSR count). The van der Waals surface area contributed by atoms with Crippen molar-refractivity contribution in [1.29, 1.82) is 0 Å². The van der Waals surface area contributed by atoms with Crippen LogP contribution < -0.4 is 5.32 Å². The van der Waals surface area contributed by atoms with E-state index in [2.05, 4.69) is 18.4 Å². The lowest BCUT2D eigenvalue weighted by Gasteiger charge is -2.26. The number of hydrogen-bond acceptors (Lipinski definition) is 3. The highest BCUT2D eigenvalue weighted by Gasteiger charge is 2.50. The van der Waals surface area contributed by atoms with Crippen LogP contribution in [0.2, 0.25) is 25.2 Å². The summed E-state index contributed by atoms with van der Waals surface area (Å²) in [5.41, 5.74) is -0.276. The number of benzene rings is 1. The number of rotatable bonds is 4. The van der Waals surface area contributed by atoms with E-state index in [0.717, 1.165) is 11.6 Å². The van der Waals surface area contributed by atoms with Gasteiger partial charge in [-0.15, -0.1) is 0 Å². The van der Waals surface area contributed by atoms with Gasteiger partial charge in [-0.1, -0.05) is 49.5 Å². The monoisotopic (exact) mass is 307 g/mol. The fourth-order valence-corrected chi connectivity index (χ4v) is 6.17. The van der Waals surface area contributed by atoms with Gasteiger partial charge in [0, 0.05) is 0 Å². The van der Waals surface area contributed by atoms with E-state index in [1.807, 2.05) is 30.3 Å². The third-order valence-electron chi connectivity index (χ3n) is 3.97. The van der Waals surface area contributed by atoms with Gasteiger partial charge in [0.1, 0.15) is 12.1 Å². The number of carbonyl (C=O) groups is 2. The average molecular weight is 307 g/mol. The lowest BCUT2D eigenvalue weighted by Crippen LogP contribution is -2.53. The summed E-state index contributed by atoms with van der Waals surface area (Å²) < 4.78 is 5.14. The first-order valence-corrected chi connectivity index (χ1v) is 10.5. The topological polar surface area (TPSA) is 75.6 Å². The molecule has 1 aromatic rings. The Morgan fingerprint density at radius 3 is 2.52 bits per heavy atom. The highest BCUT2D eigenvalue weighted by atomic mass is 28.3. The van der Waals surface area contributed by atoms with Crippen LogP contribution in [0, 0.1) is 0 Å². The maximum absolute atomic E-state index is 11.9. The van der Waals surface area contributed by atoms with Crippen molar-refractivity contribution in [3.63, 3.8) is 0 Å². The smallest absolute Gasteiger partial charge is 0.408 e. The summed E-state index contributed by atoms with van der Waals surface area (Å²) in [7, 11) is -1.54. The first-order chi connectivity index (χ1) is 9.83. The van der Waals surface area contributed by atoms with Crippen molar-refractivity contribution < 1.29 is 19.4 Å². The lowest BCUT2D eigenvalue weighted by atomic mass is 10.00. The molecule has 6 heteroatoms. The van der Waals surface area contributed by atoms with Gasteiger partial charge in [-0.3, -0.25) is 0 Å². The number of amides is 1. The normalized spacial score (nSPS) is 23.5. The molecule has 0 bridgehead atoms. The van der Waals surface area contributed by atoms with E-state index in [1.54, 1.807) is 0 Å². The molecule has 0 saturated carbocycles. The summed E-state index contributed by atoms with van der Waals surface area (Å²) in [6, 6.07) is 10.8. The fourth-order valence-electron chi connectivity index (χ4n) is 2.84. The summed E-state index contributed by atoms with van der Waals surface area (Å²) >= 11 is 0. The molecule has 1 heterocycles. The summed E-state index contributed by atoms with van der Waals surface area (Å²) in [6.45, 7) is 4.44. The lowest BCUT2D eigenvalue weighted by molar-refractivity contribution is -0.143. The number of ether oxygens (including phenoxy) is 1. The van der Waals surface area contributed by atoms with Gasteiger partial charge in [-0.2, -0.15) is 0 Å². The van der Waals surface area contributed by atoms with E-state index in [-0.39, 0.29) is 6.61 Å². The van der Waals surface area contributed by atoms with Crippen LogP contribution in [-0.4, -0.2) is 30.8 Å². The van der Waals surface area contributed by atoms with Crippen LogP contribution in [0.1, 0.15) is 12.0 Å². The Morgan fingerprint density at radius 2 is 2.00 bits per heavy atom. The first kappa shape index (κ1) is 15.6. The molecule has 1 fully saturated rings. The predicted molar refractivity (Wildman–Crippen MR) is 81.8 cm³/mol. The van der Waals surface area contributed by atoms with E-state index in [4.69, 9.17) is 4.74 Å². The van der Waals surface area contributed by atoms with Crippen molar-refractivity contribution in [1.82, 2.24) is 5.32 Å². The first-order valence-electron chi connectivity index (χ1n) is 7.05. The van der Waals surface area contributed by atoms with Crippen molar-refractivity contribution in [2.45, 2.75) is 43.7 Å². The van der Waals surface area contributed by atoms with Gasteiger partial charge in [0.25, 0.3) is 0 Å². The van der Waals surface area contributed by atoms with Gasteiger partial charge in [-0.05, 0) is 18.0 Å². The largest absolute Gasteiger partial charge is 0.480 e. The van der Waals surface area contributed by atoms with Crippen LogP contribution in [0.3, 0.4) is 0 Å². The van der Waals surface area contributed by atoms with Crippen molar-refractivity contribution >= 4 is 20.1 Å². The van der Waals surface area contributed by atoms with Crippen LogP contribution in [-0.2, 0) is 16.1 Å².